The minimum atomic E-state index is 0.658. The van der Waals surface area contributed by atoms with Gasteiger partial charge in [-0.15, -0.1) is 0 Å². The number of nitrogens with one attached hydrogen (secondary N) is 1. The Labute approximate surface area is 117 Å². The lowest BCUT2D eigenvalue weighted by molar-refractivity contribution is 1.47. The average Bonchev–Trinajstić information content (AvgIpc) is 2.34. The zero-order valence-electron chi connectivity index (χ0n) is 8.74. The van der Waals surface area contributed by atoms with Gasteiger partial charge in [-0.2, -0.15) is 5.26 Å². The molecule has 0 heterocycles. The Hall–Kier alpha value is -1.31. The van der Waals surface area contributed by atoms with E-state index in [2.05, 4.69) is 43.2 Å². The second-order valence-electron chi connectivity index (χ2n) is 3.44. The number of nitriles is 1. The number of rotatable bonds is 2. The van der Waals surface area contributed by atoms with E-state index in [0.29, 0.717) is 5.56 Å². The number of benzene rings is 2. The molecule has 0 atom stereocenters. The van der Waals surface area contributed by atoms with Crippen LogP contribution in [0.2, 0.25) is 0 Å². The fourth-order valence-electron chi connectivity index (χ4n) is 1.37. The average molecular weight is 352 g/mol. The van der Waals surface area contributed by atoms with Gasteiger partial charge in [0.2, 0.25) is 0 Å². The normalized spacial score (nSPS) is 9.71. The molecule has 17 heavy (non-hydrogen) atoms. The van der Waals surface area contributed by atoms with Crippen molar-refractivity contribution in [3.63, 3.8) is 0 Å². The fraction of sp³-hybridized carbons (Fsp3) is 0. The molecular weight excluding hydrogens is 344 g/mol. The van der Waals surface area contributed by atoms with Crippen LogP contribution in [-0.4, -0.2) is 0 Å². The molecule has 2 nitrogen and oxygen atoms in total. The summed E-state index contributed by atoms with van der Waals surface area (Å²) in [5, 5.41) is 12.0. The van der Waals surface area contributed by atoms with E-state index in [4.69, 9.17) is 5.26 Å². The molecule has 0 saturated heterocycles. The van der Waals surface area contributed by atoms with E-state index in [9.17, 15) is 0 Å². The van der Waals surface area contributed by atoms with Crippen LogP contribution in [0.4, 0.5) is 11.4 Å². The van der Waals surface area contributed by atoms with Gasteiger partial charge in [-0.25, -0.2) is 0 Å². The van der Waals surface area contributed by atoms with Crippen LogP contribution in [0.5, 0.6) is 0 Å². The molecular formula is C13H8Br2N2. The summed E-state index contributed by atoms with van der Waals surface area (Å²) < 4.78 is 2.01. The van der Waals surface area contributed by atoms with E-state index in [1.807, 2.05) is 30.3 Å². The Morgan fingerprint density at radius 1 is 1.00 bits per heavy atom. The van der Waals surface area contributed by atoms with Crippen LogP contribution in [0.15, 0.2) is 51.4 Å². The van der Waals surface area contributed by atoms with E-state index in [0.717, 1.165) is 20.3 Å². The van der Waals surface area contributed by atoms with Gasteiger partial charge in [0.15, 0.2) is 0 Å². The molecule has 2 rings (SSSR count). The van der Waals surface area contributed by atoms with Gasteiger partial charge < -0.3 is 5.32 Å². The highest BCUT2D eigenvalue weighted by Gasteiger charge is 2.01. The molecule has 1 N–H and O–H groups in total. The van der Waals surface area contributed by atoms with Gasteiger partial charge in [0, 0.05) is 14.6 Å². The Morgan fingerprint density at radius 3 is 2.29 bits per heavy atom. The predicted octanol–water partition coefficient (Wildman–Crippen LogP) is 4.83. The first kappa shape index (κ1) is 12.2. The molecule has 0 aliphatic heterocycles. The second-order valence-corrected chi connectivity index (χ2v) is 5.21. The van der Waals surface area contributed by atoms with Gasteiger partial charge in [-0.3, -0.25) is 0 Å². The maximum Gasteiger partial charge on any atom is 0.0991 e. The van der Waals surface area contributed by atoms with E-state index in [1.165, 1.54) is 0 Å². The first-order valence-corrected chi connectivity index (χ1v) is 6.50. The molecule has 4 heteroatoms. The number of nitrogens with zero attached hydrogens (tertiary/aromatic N) is 1. The smallest absolute Gasteiger partial charge is 0.0991 e. The van der Waals surface area contributed by atoms with E-state index < -0.39 is 0 Å². The molecule has 0 aromatic heterocycles. The zero-order chi connectivity index (χ0) is 12.3. The topological polar surface area (TPSA) is 35.8 Å². The van der Waals surface area contributed by atoms with Crippen LogP contribution in [0.3, 0.4) is 0 Å². The van der Waals surface area contributed by atoms with Crippen LogP contribution in [0.1, 0.15) is 5.56 Å². The van der Waals surface area contributed by atoms with Crippen molar-refractivity contribution >= 4 is 43.2 Å². The van der Waals surface area contributed by atoms with E-state index in [-0.39, 0.29) is 0 Å². The summed E-state index contributed by atoms with van der Waals surface area (Å²) in [5.74, 6) is 0. The maximum atomic E-state index is 8.71. The minimum absolute atomic E-state index is 0.658. The molecule has 0 radical (unpaired) electrons. The quantitative estimate of drug-likeness (QED) is 0.841. The van der Waals surface area contributed by atoms with Gasteiger partial charge in [0.25, 0.3) is 0 Å². The summed E-state index contributed by atoms with van der Waals surface area (Å²) in [6.45, 7) is 0. The molecule has 0 saturated carbocycles. The van der Waals surface area contributed by atoms with Crippen molar-refractivity contribution in [3.8, 4) is 6.07 Å². The minimum Gasteiger partial charge on any atom is -0.355 e. The predicted molar refractivity (Wildman–Crippen MR) is 76.3 cm³/mol. The van der Waals surface area contributed by atoms with Crippen molar-refractivity contribution in [3.05, 3.63) is 57.0 Å². The molecule has 2 aromatic rings. The van der Waals surface area contributed by atoms with Crippen molar-refractivity contribution in [1.82, 2.24) is 0 Å². The van der Waals surface area contributed by atoms with Crippen molar-refractivity contribution in [2.75, 3.05) is 5.32 Å². The van der Waals surface area contributed by atoms with Crippen molar-refractivity contribution in [1.29, 1.82) is 5.26 Å². The monoisotopic (exact) mass is 350 g/mol. The second kappa shape index (κ2) is 5.35. The molecule has 0 fully saturated rings. The van der Waals surface area contributed by atoms with Crippen LogP contribution < -0.4 is 5.32 Å². The van der Waals surface area contributed by atoms with E-state index >= 15 is 0 Å². The Balaban J connectivity index is 2.23. The van der Waals surface area contributed by atoms with Crippen molar-refractivity contribution < 1.29 is 0 Å². The highest BCUT2D eigenvalue weighted by Crippen LogP contribution is 2.28. The van der Waals surface area contributed by atoms with Crippen LogP contribution in [0, 0.1) is 11.3 Å². The molecule has 0 spiro atoms. The molecule has 0 bridgehead atoms. The highest BCUT2D eigenvalue weighted by molar-refractivity contribution is 9.11. The lowest BCUT2D eigenvalue weighted by Crippen LogP contribution is -1.91. The summed E-state index contributed by atoms with van der Waals surface area (Å²) >= 11 is 6.89. The van der Waals surface area contributed by atoms with Gasteiger partial charge >= 0.3 is 0 Å². The SMILES string of the molecule is N#Cc1ccc(Nc2ccc(Br)cc2Br)cc1. The number of hydrogen-bond donors (Lipinski definition) is 1. The van der Waals surface area contributed by atoms with Crippen molar-refractivity contribution in [2.24, 2.45) is 0 Å². The van der Waals surface area contributed by atoms with Crippen LogP contribution in [-0.2, 0) is 0 Å². The Bertz CT molecular complexity index is 571. The molecule has 0 aliphatic carbocycles. The lowest BCUT2D eigenvalue weighted by atomic mass is 10.2. The summed E-state index contributed by atoms with van der Waals surface area (Å²) in [6, 6.07) is 15.4. The molecule has 0 aliphatic rings. The number of hydrogen-bond acceptors (Lipinski definition) is 2. The highest BCUT2D eigenvalue weighted by atomic mass is 79.9. The lowest BCUT2D eigenvalue weighted by Gasteiger charge is -2.08. The van der Waals surface area contributed by atoms with Crippen LogP contribution >= 0.6 is 31.9 Å². The van der Waals surface area contributed by atoms with Crippen molar-refractivity contribution in [2.45, 2.75) is 0 Å². The Morgan fingerprint density at radius 2 is 1.71 bits per heavy atom. The van der Waals surface area contributed by atoms with Gasteiger partial charge in [-0.05, 0) is 58.4 Å². The maximum absolute atomic E-state index is 8.71. The van der Waals surface area contributed by atoms with E-state index in [1.54, 1.807) is 12.1 Å². The van der Waals surface area contributed by atoms with Gasteiger partial charge in [-0.1, -0.05) is 15.9 Å². The summed E-state index contributed by atoms with van der Waals surface area (Å²) in [5.41, 5.74) is 2.59. The third-order valence-corrected chi connectivity index (χ3v) is 3.37. The van der Waals surface area contributed by atoms with Gasteiger partial charge in [0.05, 0.1) is 17.3 Å². The largest absolute Gasteiger partial charge is 0.355 e. The Kier molecular flexibility index (Phi) is 3.82. The molecule has 0 amide bonds. The summed E-state index contributed by atoms with van der Waals surface area (Å²) in [7, 11) is 0. The molecule has 84 valence electrons. The van der Waals surface area contributed by atoms with Crippen LogP contribution in [0.25, 0.3) is 0 Å². The number of halogens is 2. The number of anilines is 2. The summed E-state index contributed by atoms with van der Waals surface area (Å²) in [6.07, 6.45) is 0. The fourth-order valence-corrected chi connectivity index (χ4v) is 2.52. The molecule has 0 unspecified atom stereocenters. The zero-order valence-corrected chi connectivity index (χ0v) is 11.9. The molecule has 2 aromatic carbocycles. The first-order valence-electron chi connectivity index (χ1n) is 4.91. The third-order valence-electron chi connectivity index (χ3n) is 2.22. The first-order chi connectivity index (χ1) is 8.19. The standard InChI is InChI=1S/C13H8Br2N2/c14-10-3-6-13(12(15)7-10)17-11-4-1-9(8-16)2-5-11/h1-7,17H. The third kappa shape index (κ3) is 3.09. The van der Waals surface area contributed by atoms with Gasteiger partial charge in [0.1, 0.15) is 0 Å². The summed E-state index contributed by atoms with van der Waals surface area (Å²) in [4.78, 5) is 0.